The van der Waals surface area contributed by atoms with Gasteiger partial charge in [-0.3, -0.25) is 4.79 Å². The smallest absolute Gasteiger partial charge is 0.307 e. The monoisotopic (exact) mass is 304 g/mol. The number of nitroso groups, excluding NO2 is 1. The third kappa shape index (κ3) is 3.89. The Morgan fingerprint density at radius 1 is 1.42 bits per heavy atom. The first-order valence-electron chi connectivity index (χ1n) is 5.68. The molecule has 0 saturated heterocycles. The highest BCUT2D eigenvalue weighted by Crippen LogP contribution is 2.34. The molecule has 0 fully saturated rings. The molecule has 0 spiro atoms. The minimum absolute atomic E-state index is 0.277. The van der Waals surface area contributed by atoms with Crippen molar-refractivity contribution in [1.82, 2.24) is 5.32 Å². The highest BCUT2D eigenvalue weighted by Gasteiger charge is 2.25. The molecule has 0 radical (unpaired) electrons. The third-order valence-corrected chi connectivity index (χ3v) is 3.24. The Kier molecular flexibility index (Phi) is 6.21. The first-order chi connectivity index (χ1) is 9.04. The number of nitrogens with one attached hydrogen (secondary N) is 1. The molecule has 1 unspecified atom stereocenters. The SMILES string of the molecule is CCCNC(C(=O)N=O)c1cc(Cl)c(Cl)cc1OC. The fraction of sp³-hybridized carbons (Fsp3) is 0.417. The van der Waals surface area contributed by atoms with E-state index in [1.54, 1.807) is 0 Å². The fourth-order valence-corrected chi connectivity index (χ4v) is 1.94. The normalized spacial score (nSPS) is 12.0. The first-order valence-corrected chi connectivity index (χ1v) is 6.44. The summed E-state index contributed by atoms with van der Waals surface area (Å²) in [5.74, 6) is -0.454. The minimum Gasteiger partial charge on any atom is -0.496 e. The summed E-state index contributed by atoms with van der Waals surface area (Å²) >= 11 is 11.8. The number of hydrogen-bond donors (Lipinski definition) is 1. The van der Waals surface area contributed by atoms with Crippen LogP contribution >= 0.6 is 23.2 Å². The summed E-state index contributed by atoms with van der Waals surface area (Å²) in [5.41, 5.74) is 0.440. The largest absolute Gasteiger partial charge is 0.496 e. The Bertz CT molecular complexity index is 480. The quantitative estimate of drug-likeness (QED) is 0.819. The van der Waals surface area contributed by atoms with Gasteiger partial charge in [0.1, 0.15) is 11.8 Å². The van der Waals surface area contributed by atoms with Crippen LogP contribution in [0.15, 0.2) is 17.3 Å². The van der Waals surface area contributed by atoms with Gasteiger partial charge in [-0.2, -0.15) is 0 Å². The van der Waals surface area contributed by atoms with E-state index < -0.39 is 11.9 Å². The fourth-order valence-electron chi connectivity index (χ4n) is 1.62. The van der Waals surface area contributed by atoms with Crippen molar-refractivity contribution in [3.63, 3.8) is 0 Å². The molecule has 19 heavy (non-hydrogen) atoms. The van der Waals surface area contributed by atoms with E-state index in [4.69, 9.17) is 27.9 Å². The molecule has 1 aromatic carbocycles. The third-order valence-electron chi connectivity index (χ3n) is 2.52. The molecular formula is C12H14Cl2N2O3. The Hall–Kier alpha value is -1.17. The van der Waals surface area contributed by atoms with Crippen LogP contribution in [0.1, 0.15) is 24.9 Å². The van der Waals surface area contributed by atoms with Gasteiger partial charge in [-0.25, -0.2) is 0 Å². The van der Waals surface area contributed by atoms with Crippen LogP contribution in [0.5, 0.6) is 5.75 Å². The molecule has 0 saturated carbocycles. The molecule has 1 atom stereocenters. The molecule has 0 aliphatic rings. The maximum absolute atomic E-state index is 11.6. The number of amides is 1. The van der Waals surface area contributed by atoms with Crippen LogP contribution in [-0.4, -0.2) is 19.6 Å². The topological polar surface area (TPSA) is 67.8 Å². The minimum atomic E-state index is -0.887. The summed E-state index contributed by atoms with van der Waals surface area (Å²) in [6, 6.07) is 2.11. The van der Waals surface area contributed by atoms with Gasteiger partial charge in [0.25, 0.3) is 0 Å². The summed E-state index contributed by atoms with van der Waals surface area (Å²) in [6.45, 7) is 2.49. The van der Waals surface area contributed by atoms with Crippen LogP contribution in [0.2, 0.25) is 10.0 Å². The summed E-state index contributed by atoms with van der Waals surface area (Å²) in [5, 5.41) is 5.98. The lowest BCUT2D eigenvalue weighted by atomic mass is 10.0. The maximum Gasteiger partial charge on any atom is 0.307 e. The lowest BCUT2D eigenvalue weighted by Crippen LogP contribution is -2.28. The molecule has 1 rings (SSSR count). The first kappa shape index (κ1) is 15.9. The zero-order chi connectivity index (χ0) is 14.4. The lowest BCUT2D eigenvalue weighted by Gasteiger charge is -2.18. The Morgan fingerprint density at radius 2 is 2.05 bits per heavy atom. The number of carbonyl (C=O) groups excluding carboxylic acids is 1. The summed E-state index contributed by atoms with van der Waals surface area (Å²) in [4.78, 5) is 22.1. The zero-order valence-electron chi connectivity index (χ0n) is 10.6. The second kappa shape index (κ2) is 7.43. The molecule has 0 aliphatic carbocycles. The lowest BCUT2D eigenvalue weighted by molar-refractivity contribution is -0.120. The average molecular weight is 305 g/mol. The molecule has 104 valence electrons. The van der Waals surface area contributed by atoms with Crippen molar-refractivity contribution in [2.75, 3.05) is 13.7 Å². The van der Waals surface area contributed by atoms with E-state index in [0.29, 0.717) is 22.9 Å². The molecule has 0 aromatic heterocycles. The van der Waals surface area contributed by atoms with Gasteiger partial charge in [0, 0.05) is 16.8 Å². The van der Waals surface area contributed by atoms with E-state index in [1.165, 1.54) is 19.2 Å². The van der Waals surface area contributed by atoms with Crippen LogP contribution in [0, 0.1) is 4.91 Å². The molecule has 1 aromatic rings. The van der Waals surface area contributed by atoms with Crippen LogP contribution in [-0.2, 0) is 4.79 Å². The van der Waals surface area contributed by atoms with Gasteiger partial charge < -0.3 is 10.1 Å². The number of nitrogens with zero attached hydrogens (tertiary/aromatic N) is 1. The van der Waals surface area contributed by atoms with Crippen molar-refractivity contribution in [2.24, 2.45) is 5.18 Å². The Morgan fingerprint density at radius 3 is 2.58 bits per heavy atom. The molecule has 0 aliphatic heterocycles. The standard InChI is InChI=1S/C12H14Cl2N2O3/c1-3-4-15-11(12(17)16-18)7-5-8(13)9(14)6-10(7)19-2/h5-6,11,15H,3-4H2,1-2H3. The van der Waals surface area contributed by atoms with Crippen molar-refractivity contribution < 1.29 is 9.53 Å². The number of methoxy groups -OCH3 is 1. The summed E-state index contributed by atoms with van der Waals surface area (Å²) in [7, 11) is 1.44. The van der Waals surface area contributed by atoms with Gasteiger partial charge >= 0.3 is 5.91 Å². The van der Waals surface area contributed by atoms with E-state index in [9.17, 15) is 9.70 Å². The number of carbonyl (C=O) groups is 1. The Labute approximate surface area is 121 Å². The molecular weight excluding hydrogens is 291 g/mol. The Balaban J connectivity index is 3.23. The second-order valence-electron chi connectivity index (χ2n) is 3.82. The number of hydrogen-bond acceptors (Lipinski definition) is 4. The van der Waals surface area contributed by atoms with E-state index in [1.807, 2.05) is 6.92 Å². The van der Waals surface area contributed by atoms with Gasteiger partial charge in [0.05, 0.1) is 17.2 Å². The van der Waals surface area contributed by atoms with Crippen molar-refractivity contribution in [3.8, 4) is 5.75 Å². The molecule has 5 nitrogen and oxygen atoms in total. The number of halogens is 2. The maximum atomic E-state index is 11.6. The van der Waals surface area contributed by atoms with Gasteiger partial charge in [0.2, 0.25) is 0 Å². The highest BCUT2D eigenvalue weighted by molar-refractivity contribution is 6.42. The van der Waals surface area contributed by atoms with Crippen LogP contribution in [0.3, 0.4) is 0 Å². The molecule has 0 heterocycles. The number of rotatable bonds is 6. The van der Waals surface area contributed by atoms with Crippen LogP contribution in [0.4, 0.5) is 0 Å². The average Bonchev–Trinajstić information content (AvgIpc) is 2.42. The second-order valence-corrected chi connectivity index (χ2v) is 4.64. The van der Waals surface area contributed by atoms with E-state index >= 15 is 0 Å². The van der Waals surface area contributed by atoms with Gasteiger partial charge in [-0.15, -0.1) is 4.91 Å². The predicted octanol–water partition coefficient (Wildman–Crippen LogP) is 3.34. The molecule has 1 amide bonds. The van der Waals surface area contributed by atoms with E-state index in [-0.39, 0.29) is 5.02 Å². The van der Waals surface area contributed by atoms with Crippen LogP contribution < -0.4 is 10.1 Å². The number of ether oxygens (including phenoxy) is 1. The van der Waals surface area contributed by atoms with Crippen molar-refractivity contribution in [3.05, 3.63) is 32.6 Å². The summed E-state index contributed by atoms with van der Waals surface area (Å²) < 4.78 is 5.16. The van der Waals surface area contributed by atoms with E-state index in [2.05, 4.69) is 10.5 Å². The molecule has 1 N–H and O–H groups in total. The summed E-state index contributed by atoms with van der Waals surface area (Å²) in [6.07, 6.45) is 0.798. The van der Waals surface area contributed by atoms with E-state index in [0.717, 1.165) is 6.42 Å². The van der Waals surface area contributed by atoms with Gasteiger partial charge in [-0.05, 0) is 19.0 Å². The van der Waals surface area contributed by atoms with Crippen molar-refractivity contribution in [2.45, 2.75) is 19.4 Å². The van der Waals surface area contributed by atoms with Gasteiger partial charge in [-0.1, -0.05) is 30.1 Å². The van der Waals surface area contributed by atoms with Gasteiger partial charge in [0.15, 0.2) is 0 Å². The highest BCUT2D eigenvalue weighted by atomic mass is 35.5. The molecule has 0 bridgehead atoms. The predicted molar refractivity (Wildman–Crippen MR) is 74.9 cm³/mol. The zero-order valence-corrected chi connectivity index (χ0v) is 12.1. The number of benzene rings is 1. The molecule has 7 heteroatoms. The van der Waals surface area contributed by atoms with Crippen molar-refractivity contribution >= 4 is 29.1 Å². The van der Waals surface area contributed by atoms with Crippen molar-refractivity contribution in [1.29, 1.82) is 0 Å². The van der Waals surface area contributed by atoms with Crippen LogP contribution in [0.25, 0.3) is 0 Å².